The van der Waals surface area contributed by atoms with Crippen molar-refractivity contribution in [2.45, 2.75) is 62.7 Å². The summed E-state index contributed by atoms with van der Waals surface area (Å²) in [6.45, 7) is -0.653. The number of aliphatic carboxylic acids is 2. The van der Waals surface area contributed by atoms with Gasteiger partial charge in [-0.2, -0.15) is 0 Å². The molecular weight excluding hydrogens is 508 g/mol. The van der Waals surface area contributed by atoms with Gasteiger partial charge in [-0.25, -0.2) is 4.79 Å². The second kappa shape index (κ2) is 18.1. The second-order valence-electron chi connectivity index (χ2n) is 8.14. The highest BCUT2D eigenvalue weighted by Gasteiger charge is 2.30. The van der Waals surface area contributed by atoms with Crippen LogP contribution in [0.3, 0.4) is 0 Å². The molecule has 0 bridgehead atoms. The third-order valence-electron chi connectivity index (χ3n) is 4.96. The molecule has 216 valence electrons. The molecule has 0 saturated carbocycles. The van der Waals surface area contributed by atoms with Crippen molar-refractivity contribution in [3.8, 4) is 0 Å². The van der Waals surface area contributed by atoms with E-state index in [1.807, 2.05) is 0 Å². The van der Waals surface area contributed by atoms with E-state index in [2.05, 4.69) is 25.9 Å². The van der Waals surface area contributed by atoms with Crippen molar-refractivity contribution in [2.24, 2.45) is 38.7 Å². The first kappa shape index (κ1) is 33.8. The first-order valence-electron chi connectivity index (χ1n) is 11.6. The lowest BCUT2D eigenvalue weighted by molar-refractivity contribution is -0.143. The van der Waals surface area contributed by atoms with E-state index in [1.165, 1.54) is 0 Å². The number of hydrogen-bond donors (Lipinski definition) is 11. The summed E-state index contributed by atoms with van der Waals surface area (Å²) in [7, 11) is 0. The molecule has 18 heteroatoms. The average Bonchev–Trinajstić information content (AvgIpc) is 2.83. The Bertz CT molecular complexity index is 874. The molecule has 0 aromatic heterocycles. The van der Waals surface area contributed by atoms with Crippen molar-refractivity contribution in [1.29, 1.82) is 0 Å². The molecule has 0 aliphatic rings. The van der Waals surface area contributed by atoms with E-state index in [1.54, 1.807) is 0 Å². The monoisotopic (exact) mass is 546 g/mol. The van der Waals surface area contributed by atoms with Crippen LogP contribution >= 0.6 is 0 Å². The van der Waals surface area contributed by atoms with Crippen LogP contribution in [0.25, 0.3) is 0 Å². The molecule has 0 saturated heterocycles. The summed E-state index contributed by atoms with van der Waals surface area (Å²) in [5.74, 6) is -5.56. The van der Waals surface area contributed by atoms with Gasteiger partial charge in [-0.15, -0.1) is 0 Å². The number of carboxylic acid groups (broad SMARTS) is 2. The molecule has 0 radical (unpaired) electrons. The third-order valence-corrected chi connectivity index (χ3v) is 4.96. The normalized spacial score (nSPS) is 13.6. The van der Waals surface area contributed by atoms with Gasteiger partial charge in [-0.1, -0.05) is 0 Å². The summed E-state index contributed by atoms with van der Waals surface area (Å²) in [6.07, 6.45) is -0.181. The van der Waals surface area contributed by atoms with Gasteiger partial charge in [0.1, 0.15) is 18.1 Å². The van der Waals surface area contributed by atoms with Crippen molar-refractivity contribution in [3.05, 3.63) is 0 Å². The van der Waals surface area contributed by atoms with Crippen molar-refractivity contribution in [1.82, 2.24) is 16.0 Å². The van der Waals surface area contributed by atoms with Crippen LogP contribution in [-0.4, -0.2) is 101 Å². The minimum Gasteiger partial charge on any atom is -0.481 e. The van der Waals surface area contributed by atoms with E-state index in [-0.39, 0.29) is 63.5 Å². The van der Waals surface area contributed by atoms with Crippen LogP contribution < -0.4 is 44.6 Å². The number of guanidine groups is 2. The van der Waals surface area contributed by atoms with E-state index in [4.69, 9.17) is 33.8 Å². The molecule has 0 fully saturated rings. The van der Waals surface area contributed by atoms with Crippen molar-refractivity contribution in [2.75, 3.05) is 19.7 Å². The zero-order chi connectivity index (χ0) is 29.3. The minimum absolute atomic E-state index is 0.0116. The van der Waals surface area contributed by atoms with Gasteiger partial charge in [0.25, 0.3) is 0 Å². The highest BCUT2D eigenvalue weighted by molar-refractivity contribution is 5.94. The quantitative estimate of drug-likeness (QED) is 0.0410. The standard InChI is InChI=1S/C20H38N10O8/c21-10(5-6-14(32)33)15(34)28-11(3-1-7-26-19(22)23)16(35)30-13(9-31)17(36)29-12(18(37)38)4-2-8-27-20(24)25/h10-13,31H,1-9,21H2,(H,28,34)(H,29,36)(H,30,35)(H,32,33)(H,37,38)(H4,22,23,26)(H4,24,25,27). The molecule has 0 aromatic rings. The molecule has 0 aliphatic carbocycles. The average molecular weight is 547 g/mol. The molecule has 4 unspecified atom stereocenters. The van der Waals surface area contributed by atoms with Gasteiger partial charge in [0.15, 0.2) is 11.9 Å². The number of carbonyl (C=O) groups is 5. The number of aliphatic hydroxyl groups excluding tert-OH is 1. The maximum atomic E-state index is 12.9. The SMILES string of the molecule is NC(N)=NCCCC(NC(=O)C(CO)NC(=O)C(CCCN=C(N)N)NC(=O)C(N)CCC(=O)O)C(=O)O. The number of hydrogen-bond acceptors (Lipinski definition) is 9. The van der Waals surface area contributed by atoms with Gasteiger partial charge in [0.2, 0.25) is 17.7 Å². The fraction of sp³-hybridized carbons (Fsp3) is 0.650. The number of amides is 3. The number of aliphatic hydroxyl groups is 1. The largest absolute Gasteiger partial charge is 0.481 e. The molecule has 18 nitrogen and oxygen atoms in total. The summed E-state index contributed by atoms with van der Waals surface area (Å²) >= 11 is 0. The van der Waals surface area contributed by atoms with Gasteiger partial charge in [0.05, 0.1) is 12.6 Å². The topological polar surface area (TPSA) is 337 Å². The molecular formula is C20H38N10O8. The van der Waals surface area contributed by atoms with Crippen LogP contribution in [0, 0.1) is 0 Å². The van der Waals surface area contributed by atoms with Crippen molar-refractivity contribution >= 4 is 41.6 Å². The Kier molecular flexibility index (Phi) is 16.1. The third kappa shape index (κ3) is 15.0. The Morgan fingerprint density at radius 1 is 0.684 bits per heavy atom. The van der Waals surface area contributed by atoms with Gasteiger partial charge in [-0.05, 0) is 32.1 Å². The van der Waals surface area contributed by atoms with Crippen molar-refractivity contribution < 1.29 is 39.3 Å². The number of aliphatic imine (C=N–C) groups is 2. The Morgan fingerprint density at radius 2 is 1.13 bits per heavy atom. The lowest BCUT2D eigenvalue weighted by Gasteiger charge is -2.24. The van der Waals surface area contributed by atoms with Crippen LogP contribution in [0.1, 0.15) is 38.5 Å². The fourth-order valence-electron chi connectivity index (χ4n) is 2.96. The number of carbonyl (C=O) groups excluding carboxylic acids is 3. The first-order chi connectivity index (χ1) is 17.8. The number of nitrogens with two attached hydrogens (primary N) is 5. The highest BCUT2D eigenvalue weighted by atomic mass is 16.4. The molecule has 38 heavy (non-hydrogen) atoms. The highest BCUT2D eigenvalue weighted by Crippen LogP contribution is 2.04. The zero-order valence-electron chi connectivity index (χ0n) is 20.8. The predicted octanol–water partition coefficient (Wildman–Crippen LogP) is -5.18. The lowest BCUT2D eigenvalue weighted by Crippen LogP contribution is -2.58. The fourth-order valence-corrected chi connectivity index (χ4v) is 2.96. The summed E-state index contributed by atoms with van der Waals surface area (Å²) in [4.78, 5) is 67.6. The summed E-state index contributed by atoms with van der Waals surface area (Å²) in [5, 5.41) is 34.6. The molecule has 4 atom stereocenters. The summed E-state index contributed by atoms with van der Waals surface area (Å²) in [5.41, 5.74) is 26.6. The number of nitrogens with one attached hydrogen (secondary N) is 3. The Morgan fingerprint density at radius 3 is 1.58 bits per heavy atom. The molecule has 0 aliphatic heterocycles. The zero-order valence-corrected chi connectivity index (χ0v) is 20.8. The molecule has 0 rings (SSSR count). The van der Waals surface area contributed by atoms with E-state index in [0.29, 0.717) is 0 Å². The van der Waals surface area contributed by atoms with Crippen molar-refractivity contribution in [3.63, 3.8) is 0 Å². The molecule has 0 aromatic carbocycles. The molecule has 0 spiro atoms. The predicted molar refractivity (Wildman–Crippen MR) is 135 cm³/mol. The lowest BCUT2D eigenvalue weighted by atomic mass is 10.1. The maximum absolute atomic E-state index is 12.9. The van der Waals surface area contributed by atoms with Gasteiger partial charge in [-0.3, -0.25) is 29.2 Å². The second-order valence-corrected chi connectivity index (χ2v) is 8.14. The summed E-state index contributed by atoms with van der Waals surface area (Å²) in [6, 6.07) is -5.40. The summed E-state index contributed by atoms with van der Waals surface area (Å²) < 4.78 is 0. The van der Waals surface area contributed by atoms with Crippen LogP contribution in [-0.2, 0) is 24.0 Å². The number of carboxylic acids is 2. The minimum atomic E-state index is -1.56. The van der Waals surface area contributed by atoms with E-state index < -0.39 is 60.4 Å². The van der Waals surface area contributed by atoms with Crippen LogP contribution in [0.15, 0.2) is 9.98 Å². The number of nitrogens with zero attached hydrogens (tertiary/aromatic N) is 2. The smallest absolute Gasteiger partial charge is 0.326 e. The molecule has 0 heterocycles. The molecule has 16 N–H and O–H groups in total. The van der Waals surface area contributed by atoms with Gasteiger partial charge >= 0.3 is 11.9 Å². The van der Waals surface area contributed by atoms with E-state index in [9.17, 15) is 34.2 Å². The van der Waals surface area contributed by atoms with Gasteiger partial charge in [0, 0.05) is 19.5 Å². The Balaban J connectivity index is 5.34. The number of rotatable bonds is 19. The Hall–Kier alpha value is -4.19. The van der Waals surface area contributed by atoms with Crippen LogP contribution in [0.2, 0.25) is 0 Å². The van der Waals surface area contributed by atoms with Crippen LogP contribution in [0.5, 0.6) is 0 Å². The van der Waals surface area contributed by atoms with Gasteiger partial charge < -0.3 is 59.9 Å². The first-order valence-corrected chi connectivity index (χ1v) is 11.6. The van der Waals surface area contributed by atoms with E-state index in [0.717, 1.165) is 0 Å². The molecule has 3 amide bonds. The Labute approximate surface area is 218 Å². The van der Waals surface area contributed by atoms with Crippen LogP contribution in [0.4, 0.5) is 0 Å². The maximum Gasteiger partial charge on any atom is 0.326 e. The van der Waals surface area contributed by atoms with E-state index >= 15 is 0 Å².